The summed E-state index contributed by atoms with van der Waals surface area (Å²) < 4.78 is 2.23. The summed E-state index contributed by atoms with van der Waals surface area (Å²) in [6.45, 7) is 2.23. The molecule has 0 aliphatic heterocycles. The average molecular weight is 284 g/mol. The van der Waals surface area contributed by atoms with Gasteiger partial charge in [-0.2, -0.15) is 0 Å². The molecule has 0 unspecified atom stereocenters. The number of imidazole rings is 1. The molecule has 1 heterocycles. The summed E-state index contributed by atoms with van der Waals surface area (Å²) in [5.41, 5.74) is 10.0. The fourth-order valence-electron chi connectivity index (χ4n) is 3.16. The Balaban J connectivity index is 1.91. The molecule has 0 amide bonds. The number of aromatic amines is 1. The standard InChI is InChI=1S/C18H25N3/c1-3-4-5-6-8-14-9-10-15-16(13-14)21(2)17(20-15)18(19)11-7-12-18/h6,8-10,13H,3-5,7,11-12,19H2,1-2H3/p+1/b8-6+. The fraction of sp³-hybridized carbons (Fsp3) is 0.500. The van der Waals surface area contributed by atoms with Crippen LogP contribution in [0.25, 0.3) is 17.1 Å². The summed E-state index contributed by atoms with van der Waals surface area (Å²) in [5, 5.41) is 0. The summed E-state index contributed by atoms with van der Waals surface area (Å²) >= 11 is 0. The van der Waals surface area contributed by atoms with Gasteiger partial charge in [0.2, 0.25) is 0 Å². The Morgan fingerprint density at radius 2 is 2.19 bits per heavy atom. The lowest BCUT2D eigenvalue weighted by Crippen LogP contribution is -2.52. The van der Waals surface area contributed by atoms with E-state index >= 15 is 0 Å². The van der Waals surface area contributed by atoms with Crippen LogP contribution in [0.2, 0.25) is 0 Å². The number of hydrogen-bond donors (Lipinski definition) is 2. The number of aryl methyl sites for hydroxylation is 1. The molecule has 1 saturated carbocycles. The first-order chi connectivity index (χ1) is 10.1. The Kier molecular flexibility index (Phi) is 3.85. The van der Waals surface area contributed by atoms with Crippen LogP contribution in [-0.4, -0.2) is 4.98 Å². The normalized spacial score (nSPS) is 17.5. The predicted molar refractivity (Wildman–Crippen MR) is 87.8 cm³/mol. The number of fused-ring (bicyclic) bond motifs is 1. The average Bonchev–Trinajstić information content (AvgIpc) is 2.79. The van der Waals surface area contributed by atoms with Crippen LogP contribution in [-0.2, 0) is 12.6 Å². The first-order valence-electron chi connectivity index (χ1n) is 8.12. The van der Waals surface area contributed by atoms with Crippen molar-refractivity contribution >= 4 is 17.1 Å². The topological polar surface area (TPSA) is 45.7 Å². The van der Waals surface area contributed by atoms with E-state index in [2.05, 4.69) is 53.9 Å². The molecule has 0 saturated heterocycles. The number of allylic oxidation sites excluding steroid dienone is 1. The number of rotatable bonds is 5. The van der Waals surface area contributed by atoms with Crippen LogP contribution in [0.15, 0.2) is 24.3 Å². The van der Waals surface area contributed by atoms with Crippen LogP contribution in [0.5, 0.6) is 0 Å². The van der Waals surface area contributed by atoms with Crippen LogP contribution >= 0.6 is 0 Å². The maximum absolute atomic E-state index is 6.47. The number of hydrogen-bond acceptors (Lipinski definition) is 1. The van der Waals surface area contributed by atoms with Crippen LogP contribution in [0, 0.1) is 0 Å². The van der Waals surface area contributed by atoms with E-state index in [4.69, 9.17) is 5.73 Å². The summed E-state index contributed by atoms with van der Waals surface area (Å²) in [4.78, 5) is 3.52. The molecule has 3 nitrogen and oxygen atoms in total. The second kappa shape index (κ2) is 5.64. The summed E-state index contributed by atoms with van der Waals surface area (Å²) in [6, 6.07) is 6.59. The monoisotopic (exact) mass is 284 g/mol. The Morgan fingerprint density at radius 3 is 2.86 bits per heavy atom. The molecule has 1 aliphatic carbocycles. The molecule has 1 aromatic carbocycles. The van der Waals surface area contributed by atoms with Gasteiger partial charge in [0, 0.05) is 0 Å². The van der Waals surface area contributed by atoms with Gasteiger partial charge in [0.15, 0.2) is 11.0 Å². The van der Waals surface area contributed by atoms with Crippen molar-refractivity contribution in [2.45, 2.75) is 51.0 Å². The maximum Gasteiger partial charge on any atom is 0.275 e. The van der Waals surface area contributed by atoms with Crippen molar-refractivity contribution < 1.29 is 4.57 Å². The molecule has 3 rings (SSSR count). The van der Waals surface area contributed by atoms with Gasteiger partial charge in [0.05, 0.1) is 7.05 Å². The number of nitrogens with zero attached hydrogens (tertiary/aromatic N) is 1. The van der Waals surface area contributed by atoms with Crippen molar-refractivity contribution in [1.82, 2.24) is 4.98 Å². The minimum atomic E-state index is -0.148. The van der Waals surface area contributed by atoms with Gasteiger partial charge in [0.25, 0.3) is 5.82 Å². The molecule has 3 heteroatoms. The quantitative estimate of drug-likeness (QED) is 0.640. The highest BCUT2D eigenvalue weighted by atomic mass is 15.1. The Hall–Kier alpha value is -1.61. The Labute approximate surface area is 126 Å². The molecule has 112 valence electrons. The van der Waals surface area contributed by atoms with E-state index in [0.717, 1.165) is 25.1 Å². The molecule has 1 fully saturated rings. The minimum Gasteiger partial charge on any atom is -0.315 e. The zero-order valence-corrected chi connectivity index (χ0v) is 13.2. The number of unbranched alkanes of at least 4 members (excludes halogenated alkanes) is 2. The van der Waals surface area contributed by atoms with Crippen molar-refractivity contribution in [2.24, 2.45) is 12.8 Å². The molecule has 2 aromatic rings. The van der Waals surface area contributed by atoms with Crippen LogP contribution < -0.4 is 10.3 Å². The number of nitrogens with one attached hydrogen (secondary N) is 1. The van der Waals surface area contributed by atoms with Gasteiger partial charge in [0.1, 0.15) is 5.54 Å². The van der Waals surface area contributed by atoms with Crippen molar-refractivity contribution in [3.05, 3.63) is 35.7 Å². The lowest BCUT2D eigenvalue weighted by atomic mass is 9.77. The Bertz CT molecular complexity index is 662. The van der Waals surface area contributed by atoms with Crippen LogP contribution in [0.3, 0.4) is 0 Å². The highest BCUT2D eigenvalue weighted by molar-refractivity contribution is 5.75. The van der Waals surface area contributed by atoms with E-state index < -0.39 is 0 Å². The van der Waals surface area contributed by atoms with Gasteiger partial charge < -0.3 is 5.73 Å². The zero-order chi connectivity index (χ0) is 14.9. The fourth-order valence-corrected chi connectivity index (χ4v) is 3.16. The molecule has 0 atom stereocenters. The maximum atomic E-state index is 6.47. The van der Waals surface area contributed by atoms with Gasteiger partial charge in [-0.3, -0.25) is 0 Å². The molecule has 0 spiro atoms. The Morgan fingerprint density at radius 1 is 1.38 bits per heavy atom. The van der Waals surface area contributed by atoms with E-state index in [-0.39, 0.29) is 5.54 Å². The molecule has 1 aliphatic rings. The highest BCUT2D eigenvalue weighted by Gasteiger charge is 2.43. The van der Waals surface area contributed by atoms with E-state index in [1.165, 1.54) is 35.9 Å². The van der Waals surface area contributed by atoms with Crippen molar-refractivity contribution in [2.75, 3.05) is 0 Å². The molecular formula is C18H26N3+. The number of benzene rings is 1. The van der Waals surface area contributed by atoms with E-state index in [0.29, 0.717) is 0 Å². The molecular weight excluding hydrogens is 258 g/mol. The lowest BCUT2D eigenvalue weighted by molar-refractivity contribution is -0.658. The van der Waals surface area contributed by atoms with Crippen molar-refractivity contribution in [3.63, 3.8) is 0 Å². The number of aromatic nitrogens is 2. The van der Waals surface area contributed by atoms with E-state index in [1.807, 2.05) is 0 Å². The van der Waals surface area contributed by atoms with Crippen molar-refractivity contribution in [1.29, 1.82) is 0 Å². The van der Waals surface area contributed by atoms with E-state index in [9.17, 15) is 0 Å². The third kappa shape index (κ3) is 2.62. The van der Waals surface area contributed by atoms with Gasteiger partial charge >= 0.3 is 0 Å². The van der Waals surface area contributed by atoms with Crippen molar-refractivity contribution in [3.8, 4) is 0 Å². The molecule has 21 heavy (non-hydrogen) atoms. The first kappa shape index (κ1) is 14.3. The summed E-state index contributed by atoms with van der Waals surface area (Å²) in [5.74, 6) is 1.16. The van der Waals surface area contributed by atoms with Gasteiger partial charge in [-0.25, -0.2) is 9.55 Å². The third-order valence-corrected chi connectivity index (χ3v) is 4.72. The largest absolute Gasteiger partial charge is 0.315 e. The third-order valence-electron chi connectivity index (χ3n) is 4.72. The summed E-state index contributed by atoms with van der Waals surface area (Å²) in [7, 11) is 2.12. The van der Waals surface area contributed by atoms with Crippen LogP contribution in [0.4, 0.5) is 0 Å². The molecule has 3 N–H and O–H groups in total. The second-order valence-electron chi connectivity index (χ2n) is 6.36. The van der Waals surface area contributed by atoms with E-state index in [1.54, 1.807) is 0 Å². The minimum absolute atomic E-state index is 0.148. The predicted octanol–water partition coefficient (Wildman–Crippen LogP) is 3.53. The second-order valence-corrected chi connectivity index (χ2v) is 6.36. The molecule has 0 radical (unpaired) electrons. The first-order valence-corrected chi connectivity index (χ1v) is 8.12. The van der Waals surface area contributed by atoms with Gasteiger partial charge in [-0.05, 0) is 43.4 Å². The highest BCUT2D eigenvalue weighted by Crippen LogP contribution is 2.37. The van der Waals surface area contributed by atoms with Gasteiger partial charge in [-0.15, -0.1) is 0 Å². The number of H-pyrrole nitrogens is 1. The SMILES string of the molecule is CCCC/C=C/c1ccc2[nH]c(C3(N)CCC3)[n+](C)c2c1. The van der Waals surface area contributed by atoms with Gasteiger partial charge in [-0.1, -0.05) is 38.0 Å². The van der Waals surface area contributed by atoms with Crippen LogP contribution in [0.1, 0.15) is 56.8 Å². The zero-order valence-electron chi connectivity index (χ0n) is 13.2. The smallest absolute Gasteiger partial charge is 0.275 e. The number of nitrogens with two attached hydrogens (primary N) is 1. The molecule has 1 aromatic heterocycles. The summed E-state index contributed by atoms with van der Waals surface area (Å²) in [6.07, 6.45) is 11.6. The lowest BCUT2D eigenvalue weighted by Gasteiger charge is -2.33. The molecule has 0 bridgehead atoms.